The molecule has 0 unspecified atom stereocenters. The van der Waals surface area contributed by atoms with Gasteiger partial charge in [-0.15, -0.1) is 0 Å². The molecular formula is C22H23NO4S. The van der Waals surface area contributed by atoms with Crippen LogP contribution in [0.15, 0.2) is 59.0 Å². The van der Waals surface area contributed by atoms with E-state index < -0.39 is 10.0 Å². The van der Waals surface area contributed by atoms with Crippen molar-refractivity contribution in [2.45, 2.75) is 43.0 Å². The molecule has 5 rings (SSSR count). The molecule has 0 aromatic heterocycles. The van der Waals surface area contributed by atoms with Gasteiger partial charge in [-0.2, -0.15) is 4.31 Å². The van der Waals surface area contributed by atoms with Gasteiger partial charge in [0.15, 0.2) is 11.5 Å². The molecule has 2 atom stereocenters. The van der Waals surface area contributed by atoms with Crippen molar-refractivity contribution in [2.75, 3.05) is 13.3 Å². The Balaban J connectivity index is 1.52. The van der Waals surface area contributed by atoms with Crippen molar-refractivity contribution in [3.63, 3.8) is 0 Å². The molecule has 146 valence electrons. The summed E-state index contributed by atoms with van der Waals surface area (Å²) < 4.78 is 39.5. The van der Waals surface area contributed by atoms with Gasteiger partial charge in [-0.3, -0.25) is 0 Å². The fourth-order valence-electron chi connectivity index (χ4n) is 4.61. The van der Waals surface area contributed by atoms with E-state index in [9.17, 15) is 8.42 Å². The van der Waals surface area contributed by atoms with Gasteiger partial charge >= 0.3 is 0 Å². The molecule has 0 radical (unpaired) electrons. The fourth-order valence-corrected chi connectivity index (χ4v) is 6.21. The molecule has 28 heavy (non-hydrogen) atoms. The molecule has 5 nitrogen and oxygen atoms in total. The number of ether oxygens (including phenoxy) is 2. The van der Waals surface area contributed by atoms with E-state index in [0.29, 0.717) is 11.4 Å². The zero-order valence-corrected chi connectivity index (χ0v) is 16.6. The van der Waals surface area contributed by atoms with E-state index in [4.69, 9.17) is 9.47 Å². The molecule has 3 aliphatic rings. The minimum absolute atomic E-state index is 0.122. The van der Waals surface area contributed by atoms with Crippen LogP contribution < -0.4 is 9.47 Å². The summed E-state index contributed by atoms with van der Waals surface area (Å²) in [7, 11) is -3.55. The molecule has 0 N–H and O–H groups in total. The van der Waals surface area contributed by atoms with Gasteiger partial charge < -0.3 is 9.47 Å². The number of fused-ring (bicyclic) bond motifs is 2. The van der Waals surface area contributed by atoms with Crippen molar-refractivity contribution in [3.05, 3.63) is 65.2 Å². The molecule has 0 amide bonds. The van der Waals surface area contributed by atoms with Crippen molar-refractivity contribution in [1.29, 1.82) is 0 Å². The lowest BCUT2D eigenvalue weighted by atomic mass is 9.78. The Labute approximate surface area is 165 Å². The molecule has 1 fully saturated rings. The van der Waals surface area contributed by atoms with Crippen LogP contribution in [0.25, 0.3) is 0 Å². The van der Waals surface area contributed by atoms with E-state index >= 15 is 0 Å². The Bertz CT molecular complexity index is 1040. The van der Waals surface area contributed by atoms with E-state index in [2.05, 4.69) is 12.1 Å². The molecule has 2 heterocycles. The van der Waals surface area contributed by atoms with Crippen LogP contribution in [0.3, 0.4) is 0 Å². The summed E-state index contributed by atoms with van der Waals surface area (Å²) in [6.07, 6.45) is 5.10. The number of hydrogen-bond donors (Lipinski definition) is 0. The smallest absolute Gasteiger partial charge is 0.243 e. The lowest BCUT2D eigenvalue weighted by molar-refractivity contribution is 0.174. The molecule has 0 saturated heterocycles. The summed E-state index contributed by atoms with van der Waals surface area (Å²) in [5, 5.41) is 0. The molecule has 0 bridgehead atoms. The van der Waals surface area contributed by atoms with Crippen molar-refractivity contribution < 1.29 is 17.9 Å². The van der Waals surface area contributed by atoms with Gasteiger partial charge in [0.1, 0.15) is 0 Å². The number of hydrogen-bond acceptors (Lipinski definition) is 4. The van der Waals surface area contributed by atoms with Crippen molar-refractivity contribution >= 4 is 10.0 Å². The number of nitrogens with zero attached hydrogens (tertiary/aromatic N) is 1. The highest BCUT2D eigenvalue weighted by molar-refractivity contribution is 7.89. The minimum atomic E-state index is -3.55. The van der Waals surface area contributed by atoms with Gasteiger partial charge in [0.2, 0.25) is 16.8 Å². The standard InChI is InChI=1S/C22H23NO4S/c1-15-5-8-18(9-6-15)28(24,25)23-12-11-16-3-2-4-19(22(16)23)17-7-10-20-21(13-17)27-14-26-20/h5-11,13,19,22H,2-4,12,14H2,1H3/t19-,22-/m0/s1. The second-order valence-corrected chi connectivity index (χ2v) is 9.61. The summed E-state index contributed by atoms with van der Waals surface area (Å²) in [6, 6.07) is 13.0. The maximum Gasteiger partial charge on any atom is 0.243 e. The summed E-state index contributed by atoms with van der Waals surface area (Å²) in [5.74, 6) is 1.63. The predicted molar refractivity (Wildman–Crippen MR) is 106 cm³/mol. The van der Waals surface area contributed by atoms with Crippen LogP contribution in [0.2, 0.25) is 0 Å². The summed E-state index contributed by atoms with van der Waals surface area (Å²) >= 11 is 0. The molecule has 2 aromatic rings. The number of benzene rings is 2. The normalized spacial score (nSPS) is 24.1. The van der Waals surface area contributed by atoms with E-state index in [-0.39, 0.29) is 18.8 Å². The second-order valence-electron chi connectivity index (χ2n) is 7.72. The number of aryl methyl sites for hydroxylation is 1. The van der Waals surface area contributed by atoms with Gasteiger partial charge in [0.25, 0.3) is 0 Å². The minimum Gasteiger partial charge on any atom is -0.454 e. The Hall–Kier alpha value is -2.31. The lowest BCUT2D eigenvalue weighted by Crippen LogP contribution is -2.42. The van der Waals surface area contributed by atoms with Gasteiger partial charge in [-0.05, 0) is 56.0 Å². The van der Waals surface area contributed by atoms with Crippen LogP contribution >= 0.6 is 0 Å². The van der Waals surface area contributed by atoms with Gasteiger partial charge in [0.05, 0.1) is 10.9 Å². The van der Waals surface area contributed by atoms with E-state index in [0.717, 1.165) is 41.9 Å². The van der Waals surface area contributed by atoms with E-state index in [1.807, 2.05) is 31.2 Å². The molecule has 0 spiro atoms. The molecular weight excluding hydrogens is 374 g/mol. The monoisotopic (exact) mass is 397 g/mol. The summed E-state index contributed by atoms with van der Waals surface area (Å²) in [6.45, 7) is 2.64. The maximum atomic E-state index is 13.4. The quantitative estimate of drug-likeness (QED) is 0.735. The fraction of sp³-hybridized carbons (Fsp3) is 0.364. The second kappa shape index (κ2) is 6.64. The average Bonchev–Trinajstić information content (AvgIpc) is 3.34. The maximum absolute atomic E-state index is 13.4. The van der Waals surface area contributed by atoms with Crippen LogP contribution in [-0.4, -0.2) is 32.1 Å². The van der Waals surface area contributed by atoms with Crippen LogP contribution in [0, 0.1) is 6.92 Å². The Kier molecular flexibility index (Phi) is 4.21. The molecule has 6 heteroatoms. The summed E-state index contributed by atoms with van der Waals surface area (Å²) in [4.78, 5) is 0.364. The highest BCUT2D eigenvalue weighted by Gasteiger charge is 2.43. The Morgan fingerprint density at radius 1 is 1.04 bits per heavy atom. The first-order valence-corrected chi connectivity index (χ1v) is 11.1. The Morgan fingerprint density at radius 3 is 2.64 bits per heavy atom. The van der Waals surface area contributed by atoms with Gasteiger partial charge in [-0.25, -0.2) is 8.42 Å². The zero-order chi connectivity index (χ0) is 19.3. The highest BCUT2D eigenvalue weighted by Crippen LogP contribution is 2.45. The molecule has 1 saturated carbocycles. The van der Waals surface area contributed by atoms with Crippen molar-refractivity contribution in [1.82, 2.24) is 4.31 Å². The lowest BCUT2D eigenvalue weighted by Gasteiger charge is -2.37. The summed E-state index contributed by atoms with van der Waals surface area (Å²) in [5.41, 5.74) is 3.41. The van der Waals surface area contributed by atoms with Crippen LogP contribution in [0.5, 0.6) is 11.5 Å². The van der Waals surface area contributed by atoms with Gasteiger partial charge in [0, 0.05) is 12.5 Å². The highest BCUT2D eigenvalue weighted by atomic mass is 32.2. The first-order chi connectivity index (χ1) is 13.5. The third kappa shape index (κ3) is 2.83. The van der Waals surface area contributed by atoms with Crippen LogP contribution in [-0.2, 0) is 10.0 Å². The SMILES string of the molecule is Cc1ccc(S(=O)(=O)N2CC=C3CCC[C@@H](c4ccc5c(c4)OCO5)[C@H]32)cc1. The van der Waals surface area contributed by atoms with Crippen LogP contribution in [0.4, 0.5) is 0 Å². The van der Waals surface area contributed by atoms with E-state index in [1.165, 1.54) is 5.57 Å². The average molecular weight is 397 g/mol. The predicted octanol–water partition coefficient (Wildman–Crippen LogP) is 3.99. The molecule has 1 aliphatic carbocycles. The largest absolute Gasteiger partial charge is 0.454 e. The third-order valence-electron chi connectivity index (χ3n) is 6.04. The van der Waals surface area contributed by atoms with Crippen LogP contribution in [0.1, 0.15) is 36.3 Å². The third-order valence-corrected chi connectivity index (χ3v) is 7.90. The topological polar surface area (TPSA) is 55.8 Å². The molecule has 2 aromatic carbocycles. The molecule has 2 aliphatic heterocycles. The van der Waals surface area contributed by atoms with Crippen molar-refractivity contribution in [3.8, 4) is 11.5 Å². The zero-order valence-electron chi connectivity index (χ0n) is 15.8. The van der Waals surface area contributed by atoms with Gasteiger partial charge in [-0.1, -0.05) is 35.4 Å². The first-order valence-electron chi connectivity index (χ1n) is 9.71. The number of sulfonamides is 1. The Morgan fingerprint density at radius 2 is 1.82 bits per heavy atom. The van der Waals surface area contributed by atoms with E-state index in [1.54, 1.807) is 16.4 Å². The van der Waals surface area contributed by atoms with Crippen molar-refractivity contribution in [2.24, 2.45) is 0 Å². The first kappa shape index (κ1) is 17.8. The number of rotatable bonds is 3.